The number of carbonyl (C=O) groups is 1. The van der Waals surface area contributed by atoms with Gasteiger partial charge in [-0.2, -0.15) is 0 Å². The van der Waals surface area contributed by atoms with Crippen LogP contribution in [0.5, 0.6) is 0 Å². The van der Waals surface area contributed by atoms with Gasteiger partial charge in [0.05, 0.1) is 6.54 Å². The summed E-state index contributed by atoms with van der Waals surface area (Å²) < 4.78 is 26.9. The van der Waals surface area contributed by atoms with E-state index in [0.29, 0.717) is 24.6 Å². The molecule has 0 atom stereocenters. The molecule has 0 radical (unpaired) electrons. The fraction of sp³-hybridized carbons (Fsp3) is 0.421. The first-order chi connectivity index (χ1) is 12.5. The second kappa shape index (κ2) is 6.63. The van der Waals surface area contributed by atoms with Crippen molar-refractivity contribution in [3.05, 3.63) is 53.0 Å². The molecule has 1 aliphatic carbocycles. The van der Waals surface area contributed by atoms with Crippen LogP contribution in [0.4, 0.5) is 14.6 Å². The summed E-state index contributed by atoms with van der Waals surface area (Å²) in [5, 5.41) is 0. The van der Waals surface area contributed by atoms with Gasteiger partial charge in [-0.3, -0.25) is 4.79 Å². The first-order valence-corrected chi connectivity index (χ1v) is 8.82. The van der Waals surface area contributed by atoms with Crippen molar-refractivity contribution in [3.8, 4) is 0 Å². The number of hydrogen-bond acceptors (Lipinski definition) is 4. The van der Waals surface area contributed by atoms with Gasteiger partial charge in [0, 0.05) is 48.9 Å². The molecule has 7 heteroatoms. The highest BCUT2D eigenvalue weighted by molar-refractivity contribution is 5.82. The molecule has 1 aromatic heterocycles. The van der Waals surface area contributed by atoms with Gasteiger partial charge in [0.1, 0.15) is 23.3 Å². The van der Waals surface area contributed by atoms with Crippen LogP contribution in [-0.4, -0.2) is 40.4 Å². The molecule has 1 aliphatic heterocycles. The molecule has 136 valence electrons. The van der Waals surface area contributed by atoms with E-state index in [2.05, 4.69) is 9.97 Å². The van der Waals surface area contributed by atoms with E-state index >= 15 is 0 Å². The predicted octanol–water partition coefficient (Wildman–Crippen LogP) is 2.79. The topological polar surface area (TPSA) is 49.3 Å². The van der Waals surface area contributed by atoms with Crippen LogP contribution in [0.2, 0.25) is 0 Å². The number of halogens is 2. The van der Waals surface area contributed by atoms with Gasteiger partial charge in [0.2, 0.25) is 5.91 Å². The molecule has 2 fully saturated rings. The number of rotatable bonds is 4. The number of anilines is 1. The molecule has 5 nitrogen and oxygen atoms in total. The Bertz CT molecular complexity index is 853. The van der Waals surface area contributed by atoms with Crippen LogP contribution in [0, 0.1) is 18.6 Å². The molecular weight excluding hydrogens is 338 g/mol. The fourth-order valence-corrected chi connectivity index (χ4v) is 3.19. The molecule has 26 heavy (non-hydrogen) atoms. The molecule has 4 rings (SSSR count). The maximum absolute atomic E-state index is 13.8. The SMILES string of the molecule is Cc1cc(N2CCN(Cc3ccc(F)cc3F)C(=O)C2)nc(C2CC2)n1. The first-order valence-electron chi connectivity index (χ1n) is 8.82. The Morgan fingerprint density at radius 1 is 1.15 bits per heavy atom. The zero-order valence-corrected chi connectivity index (χ0v) is 14.6. The van der Waals surface area contributed by atoms with E-state index in [-0.39, 0.29) is 19.0 Å². The highest BCUT2D eigenvalue weighted by Gasteiger charge is 2.29. The molecule has 2 aliphatic rings. The van der Waals surface area contributed by atoms with Gasteiger partial charge in [-0.05, 0) is 25.8 Å². The molecule has 2 heterocycles. The van der Waals surface area contributed by atoms with Crippen LogP contribution in [0.25, 0.3) is 0 Å². The van der Waals surface area contributed by atoms with Gasteiger partial charge in [-0.25, -0.2) is 18.7 Å². The van der Waals surface area contributed by atoms with E-state index in [1.807, 2.05) is 17.9 Å². The molecule has 2 aromatic rings. The Morgan fingerprint density at radius 2 is 1.96 bits per heavy atom. The lowest BCUT2D eigenvalue weighted by molar-refractivity contribution is -0.131. The zero-order valence-electron chi connectivity index (χ0n) is 14.6. The Hall–Kier alpha value is -2.57. The molecule has 1 amide bonds. The van der Waals surface area contributed by atoms with Crippen molar-refractivity contribution in [1.82, 2.24) is 14.9 Å². The van der Waals surface area contributed by atoms with Crippen molar-refractivity contribution in [2.45, 2.75) is 32.2 Å². The minimum atomic E-state index is -0.624. The van der Waals surface area contributed by atoms with E-state index < -0.39 is 11.6 Å². The van der Waals surface area contributed by atoms with E-state index in [0.717, 1.165) is 36.2 Å². The normalized spacial score (nSPS) is 17.7. The summed E-state index contributed by atoms with van der Waals surface area (Å²) in [6.07, 6.45) is 2.25. The molecule has 1 saturated carbocycles. The third kappa shape index (κ3) is 3.52. The van der Waals surface area contributed by atoms with E-state index in [1.54, 1.807) is 4.90 Å². The van der Waals surface area contributed by atoms with Crippen molar-refractivity contribution in [1.29, 1.82) is 0 Å². The Labute approximate surface area is 150 Å². The summed E-state index contributed by atoms with van der Waals surface area (Å²) in [7, 11) is 0. The van der Waals surface area contributed by atoms with E-state index in [4.69, 9.17) is 0 Å². The third-order valence-electron chi connectivity index (χ3n) is 4.82. The summed E-state index contributed by atoms with van der Waals surface area (Å²) in [6.45, 7) is 3.37. The average molecular weight is 358 g/mol. The lowest BCUT2D eigenvalue weighted by Crippen LogP contribution is -2.50. The summed E-state index contributed by atoms with van der Waals surface area (Å²) in [6, 6.07) is 5.34. The maximum Gasteiger partial charge on any atom is 0.242 e. The molecule has 1 saturated heterocycles. The second-order valence-electron chi connectivity index (χ2n) is 6.97. The largest absolute Gasteiger partial charge is 0.345 e. The number of nitrogens with zero attached hydrogens (tertiary/aromatic N) is 4. The molecule has 1 aromatic carbocycles. The summed E-state index contributed by atoms with van der Waals surface area (Å²) >= 11 is 0. The van der Waals surface area contributed by atoms with Crippen LogP contribution in [-0.2, 0) is 11.3 Å². The van der Waals surface area contributed by atoms with Crippen LogP contribution in [0.3, 0.4) is 0 Å². The number of carbonyl (C=O) groups excluding carboxylic acids is 1. The van der Waals surface area contributed by atoms with Gasteiger partial charge < -0.3 is 9.80 Å². The minimum absolute atomic E-state index is 0.0933. The number of hydrogen-bond donors (Lipinski definition) is 0. The van der Waals surface area contributed by atoms with Crippen LogP contribution in [0.15, 0.2) is 24.3 Å². The maximum atomic E-state index is 13.8. The quantitative estimate of drug-likeness (QED) is 0.843. The Kier molecular flexibility index (Phi) is 4.30. The minimum Gasteiger partial charge on any atom is -0.345 e. The van der Waals surface area contributed by atoms with Gasteiger partial charge in [0.25, 0.3) is 0 Å². The number of aromatic nitrogens is 2. The predicted molar refractivity (Wildman–Crippen MR) is 92.7 cm³/mol. The average Bonchev–Trinajstić information content (AvgIpc) is 3.43. The fourth-order valence-electron chi connectivity index (χ4n) is 3.19. The van der Waals surface area contributed by atoms with Crippen molar-refractivity contribution >= 4 is 11.7 Å². The van der Waals surface area contributed by atoms with Crippen molar-refractivity contribution in [2.24, 2.45) is 0 Å². The van der Waals surface area contributed by atoms with E-state index in [1.165, 1.54) is 12.1 Å². The van der Waals surface area contributed by atoms with Gasteiger partial charge in [-0.1, -0.05) is 6.07 Å². The number of amides is 1. The smallest absolute Gasteiger partial charge is 0.242 e. The molecule has 0 N–H and O–H groups in total. The monoisotopic (exact) mass is 358 g/mol. The number of piperazine rings is 1. The first kappa shape index (κ1) is 16.9. The van der Waals surface area contributed by atoms with Gasteiger partial charge in [0.15, 0.2) is 0 Å². The highest BCUT2D eigenvalue weighted by Crippen LogP contribution is 2.38. The molecule has 0 spiro atoms. The Morgan fingerprint density at radius 3 is 2.65 bits per heavy atom. The van der Waals surface area contributed by atoms with Crippen molar-refractivity contribution < 1.29 is 13.6 Å². The van der Waals surface area contributed by atoms with Crippen molar-refractivity contribution in [2.75, 3.05) is 24.5 Å². The summed E-state index contributed by atoms with van der Waals surface area (Å²) in [4.78, 5) is 25.2. The van der Waals surface area contributed by atoms with Crippen molar-refractivity contribution in [3.63, 3.8) is 0 Å². The van der Waals surface area contributed by atoms with Gasteiger partial charge >= 0.3 is 0 Å². The summed E-state index contributed by atoms with van der Waals surface area (Å²) in [5.74, 6) is 0.758. The van der Waals surface area contributed by atoms with E-state index in [9.17, 15) is 13.6 Å². The Balaban J connectivity index is 1.46. The molecule has 0 unspecified atom stereocenters. The van der Waals surface area contributed by atoms with Crippen LogP contribution < -0.4 is 4.90 Å². The number of aryl methyl sites for hydroxylation is 1. The highest BCUT2D eigenvalue weighted by atomic mass is 19.1. The van der Waals surface area contributed by atoms with Crippen LogP contribution >= 0.6 is 0 Å². The summed E-state index contributed by atoms with van der Waals surface area (Å²) in [5.41, 5.74) is 1.22. The second-order valence-corrected chi connectivity index (χ2v) is 6.97. The van der Waals surface area contributed by atoms with Gasteiger partial charge in [-0.15, -0.1) is 0 Å². The number of benzene rings is 1. The molecular formula is C19H20F2N4O. The molecule has 0 bridgehead atoms. The third-order valence-corrected chi connectivity index (χ3v) is 4.82. The standard InChI is InChI=1S/C19H20F2N4O/c1-12-8-17(23-19(22-12)13-2-3-13)24-6-7-25(18(26)11-24)10-14-4-5-15(20)9-16(14)21/h4-5,8-9,13H,2-3,6-7,10-11H2,1H3. The lowest BCUT2D eigenvalue weighted by atomic mass is 10.1. The zero-order chi connectivity index (χ0) is 18.3. The lowest BCUT2D eigenvalue weighted by Gasteiger charge is -2.35. The van der Waals surface area contributed by atoms with Crippen LogP contribution in [0.1, 0.15) is 35.8 Å².